The van der Waals surface area contributed by atoms with Crippen LogP contribution in [0.1, 0.15) is 25.0 Å². The fourth-order valence-corrected chi connectivity index (χ4v) is 3.92. The summed E-state index contributed by atoms with van der Waals surface area (Å²) in [6.45, 7) is 4.80. The van der Waals surface area contributed by atoms with Crippen molar-refractivity contribution in [2.45, 2.75) is 33.0 Å². The number of hydrogen-bond donors (Lipinski definition) is 1. The molecule has 0 aliphatic heterocycles. The third-order valence-electron chi connectivity index (χ3n) is 5.66. The molecule has 2 aromatic carbocycles. The number of nitrogens with one attached hydrogen (secondary N) is 1. The Morgan fingerprint density at radius 2 is 1.39 bits per heavy atom. The van der Waals surface area contributed by atoms with Gasteiger partial charge in [-0.15, -0.1) is 10.2 Å². The number of methoxy groups -OCH3 is 4. The van der Waals surface area contributed by atoms with E-state index < -0.39 is 0 Å². The van der Waals surface area contributed by atoms with Crippen molar-refractivity contribution in [3.8, 4) is 28.9 Å². The number of aromatic amines is 1. The third-order valence-corrected chi connectivity index (χ3v) is 5.66. The predicted octanol–water partition coefficient (Wildman–Crippen LogP) is 4.38. The standard InChI is InChI=1S/C26H31N5O5/c1-16(2)36-26-24-23(27-15-28-24)25(29-30-26)31(13-17-7-9-19(32-3)11-21(17)34-5)14-18-8-10-20(33-4)12-22(18)35-6/h7-12,15-16H,13-14H2,1-6H3,(H,27,28). The van der Waals surface area contributed by atoms with E-state index in [1.807, 2.05) is 50.2 Å². The average molecular weight is 494 g/mol. The van der Waals surface area contributed by atoms with Crippen molar-refractivity contribution in [1.82, 2.24) is 20.2 Å². The van der Waals surface area contributed by atoms with Crippen LogP contribution in [-0.2, 0) is 13.1 Å². The molecule has 190 valence electrons. The van der Waals surface area contributed by atoms with Crippen LogP contribution in [0.5, 0.6) is 28.9 Å². The van der Waals surface area contributed by atoms with Gasteiger partial charge in [-0.3, -0.25) is 0 Å². The van der Waals surface area contributed by atoms with Crippen LogP contribution < -0.4 is 28.6 Å². The van der Waals surface area contributed by atoms with Crippen molar-refractivity contribution in [3.05, 3.63) is 53.9 Å². The van der Waals surface area contributed by atoms with E-state index in [0.29, 0.717) is 58.8 Å². The molecule has 0 radical (unpaired) electrons. The zero-order chi connectivity index (χ0) is 25.7. The lowest BCUT2D eigenvalue weighted by Gasteiger charge is -2.26. The lowest BCUT2D eigenvalue weighted by atomic mass is 10.1. The Morgan fingerprint density at radius 1 is 0.806 bits per heavy atom. The van der Waals surface area contributed by atoms with E-state index in [9.17, 15) is 0 Å². The molecule has 0 bridgehead atoms. The first kappa shape index (κ1) is 24.9. The van der Waals surface area contributed by atoms with Crippen molar-refractivity contribution in [3.63, 3.8) is 0 Å². The number of hydrogen-bond acceptors (Lipinski definition) is 9. The van der Waals surface area contributed by atoms with Gasteiger partial charge in [-0.2, -0.15) is 0 Å². The summed E-state index contributed by atoms with van der Waals surface area (Å²) >= 11 is 0. The first-order valence-corrected chi connectivity index (χ1v) is 11.5. The van der Waals surface area contributed by atoms with Crippen LogP contribution in [0.15, 0.2) is 42.7 Å². The summed E-state index contributed by atoms with van der Waals surface area (Å²) in [6.07, 6.45) is 1.56. The molecular formula is C26H31N5O5. The zero-order valence-electron chi connectivity index (χ0n) is 21.4. The lowest BCUT2D eigenvalue weighted by molar-refractivity contribution is 0.233. The number of H-pyrrole nitrogens is 1. The molecule has 36 heavy (non-hydrogen) atoms. The number of aromatic nitrogens is 4. The van der Waals surface area contributed by atoms with Crippen molar-refractivity contribution in [1.29, 1.82) is 0 Å². The Balaban J connectivity index is 1.80. The van der Waals surface area contributed by atoms with Crippen LogP contribution in [0.25, 0.3) is 11.0 Å². The highest BCUT2D eigenvalue weighted by Gasteiger charge is 2.22. The van der Waals surface area contributed by atoms with Gasteiger partial charge in [0.25, 0.3) is 5.88 Å². The Hall–Kier alpha value is -4.21. The fraction of sp³-hybridized carbons (Fsp3) is 0.346. The second-order valence-electron chi connectivity index (χ2n) is 8.33. The van der Waals surface area contributed by atoms with Crippen LogP contribution in [0, 0.1) is 0 Å². The topological polar surface area (TPSA) is 104 Å². The maximum atomic E-state index is 5.85. The molecule has 0 saturated carbocycles. The number of anilines is 1. The lowest BCUT2D eigenvalue weighted by Crippen LogP contribution is -2.25. The quantitative estimate of drug-likeness (QED) is 0.326. The van der Waals surface area contributed by atoms with Gasteiger partial charge in [-0.25, -0.2) is 4.98 Å². The van der Waals surface area contributed by atoms with Crippen molar-refractivity contribution in [2.24, 2.45) is 0 Å². The minimum atomic E-state index is -0.0557. The van der Waals surface area contributed by atoms with E-state index in [4.69, 9.17) is 23.7 Å². The number of fused-ring (bicyclic) bond motifs is 1. The Labute approximate surface area is 210 Å². The summed E-state index contributed by atoms with van der Waals surface area (Å²) in [5.74, 6) is 3.83. The van der Waals surface area contributed by atoms with Gasteiger partial charge in [-0.1, -0.05) is 0 Å². The van der Waals surface area contributed by atoms with Gasteiger partial charge in [0.2, 0.25) is 0 Å². The molecule has 0 saturated heterocycles. The van der Waals surface area contributed by atoms with E-state index in [-0.39, 0.29) is 6.10 Å². The van der Waals surface area contributed by atoms with Crippen LogP contribution >= 0.6 is 0 Å². The SMILES string of the molecule is COc1ccc(CN(Cc2ccc(OC)cc2OC)c2nnc(OC(C)C)c3[nH]cnc23)c(OC)c1. The van der Waals surface area contributed by atoms with Crippen LogP contribution in [-0.4, -0.2) is 54.7 Å². The van der Waals surface area contributed by atoms with Crippen LogP contribution in [0.2, 0.25) is 0 Å². The van der Waals surface area contributed by atoms with E-state index in [0.717, 1.165) is 11.1 Å². The molecule has 4 aromatic rings. The molecule has 0 spiro atoms. The normalized spacial score (nSPS) is 11.0. The molecule has 0 aliphatic carbocycles. The van der Waals surface area contributed by atoms with E-state index >= 15 is 0 Å². The summed E-state index contributed by atoms with van der Waals surface area (Å²) in [5, 5.41) is 8.92. The van der Waals surface area contributed by atoms with Gasteiger partial charge in [0.05, 0.1) is 40.9 Å². The largest absolute Gasteiger partial charge is 0.497 e. The van der Waals surface area contributed by atoms with E-state index in [2.05, 4.69) is 25.1 Å². The summed E-state index contributed by atoms with van der Waals surface area (Å²) in [5.41, 5.74) is 3.22. The molecule has 2 aromatic heterocycles. The third kappa shape index (κ3) is 5.22. The molecule has 4 rings (SSSR count). The number of imidazole rings is 1. The maximum absolute atomic E-state index is 5.85. The minimum absolute atomic E-state index is 0.0557. The summed E-state index contributed by atoms with van der Waals surface area (Å²) in [6, 6.07) is 11.5. The van der Waals surface area contributed by atoms with Gasteiger partial charge in [-0.05, 0) is 38.1 Å². The van der Waals surface area contributed by atoms with Gasteiger partial charge in [0.1, 0.15) is 34.0 Å². The Morgan fingerprint density at radius 3 is 1.89 bits per heavy atom. The first-order chi connectivity index (χ1) is 17.5. The first-order valence-electron chi connectivity index (χ1n) is 11.5. The monoisotopic (exact) mass is 493 g/mol. The average Bonchev–Trinajstić information content (AvgIpc) is 3.39. The second-order valence-corrected chi connectivity index (χ2v) is 8.33. The number of ether oxygens (including phenoxy) is 5. The highest BCUT2D eigenvalue weighted by Crippen LogP contribution is 2.34. The van der Waals surface area contributed by atoms with E-state index in [1.165, 1.54) is 0 Å². The molecule has 0 fully saturated rings. The minimum Gasteiger partial charge on any atom is -0.497 e. The molecule has 1 N–H and O–H groups in total. The van der Waals surface area contributed by atoms with Gasteiger partial charge in [0, 0.05) is 36.3 Å². The Kier molecular flexibility index (Phi) is 7.62. The predicted molar refractivity (Wildman–Crippen MR) is 136 cm³/mol. The summed E-state index contributed by atoms with van der Waals surface area (Å²) in [7, 11) is 6.53. The molecule has 0 amide bonds. The van der Waals surface area contributed by atoms with Crippen molar-refractivity contribution in [2.75, 3.05) is 33.3 Å². The second kappa shape index (κ2) is 11.0. The number of rotatable bonds is 11. The molecular weight excluding hydrogens is 462 g/mol. The molecule has 2 heterocycles. The molecule has 10 heteroatoms. The fourth-order valence-electron chi connectivity index (χ4n) is 3.92. The molecule has 10 nitrogen and oxygen atoms in total. The molecule has 0 unspecified atom stereocenters. The highest BCUT2D eigenvalue weighted by atomic mass is 16.5. The number of benzene rings is 2. The van der Waals surface area contributed by atoms with E-state index in [1.54, 1.807) is 34.8 Å². The Bertz CT molecular complexity index is 1270. The van der Waals surface area contributed by atoms with Crippen molar-refractivity contribution >= 4 is 16.9 Å². The molecule has 0 atom stereocenters. The smallest absolute Gasteiger partial charge is 0.260 e. The van der Waals surface area contributed by atoms with Gasteiger partial charge < -0.3 is 33.6 Å². The van der Waals surface area contributed by atoms with Gasteiger partial charge in [0.15, 0.2) is 5.82 Å². The molecule has 0 aliphatic rings. The van der Waals surface area contributed by atoms with Crippen molar-refractivity contribution < 1.29 is 23.7 Å². The highest BCUT2D eigenvalue weighted by molar-refractivity contribution is 5.89. The van der Waals surface area contributed by atoms with Crippen LogP contribution in [0.4, 0.5) is 5.82 Å². The number of nitrogens with zero attached hydrogens (tertiary/aromatic N) is 4. The van der Waals surface area contributed by atoms with Gasteiger partial charge >= 0.3 is 0 Å². The summed E-state index contributed by atoms with van der Waals surface area (Å²) < 4.78 is 27.9. The maximum Gasteiger partial charge on any atom is 0.260 e. The summed E-state index contributed by atoms with van der Waals surface area (Å²) in [4.78, 5) is 9.77. The van der Waals surface area contributed by atoms with Crippen LogP contribution in [0.3, 0.4) is 0 Å². The zero-order valence-corrected chi connectivity index (χ0v) is 21.4.